The molecule has 1 heterocycles. The summed E-state index contributed by atoms with van der Waals surface area (Å²) in [5.74, 6) is -0.757. The molecule has 1 aromatic carbocycles. The molecule has 1 aromatic rings. The number of piperidine rings is 1. The Balaban J connectivity index is 1.48. The lowest BCUT2D eigenvalue weighted by Gasteiger charge is -2.33. The monoisotopic (exact) mass is 395 g/mol. The van der Waals surface area contributed by atoms with Gasteiger partial charge in [-0.05, 0) is 76.7 Å². The van der Waals surface area contributed by atoms with E-state index in [4.69, 9.17) is 11.6 Å². The number of halogens is 2. The summed E-state index contributed by atoms with van der Waals surface area (Å²) in [5, 5.41) is 6.21. The van der Waals surface area contributed by atoms with Crippen molar-refractivity contribution in [3.8, 4) is 0 Å². The fourth-order valence-electron chi connectivity index (χ4n) is 3.85. The Morgan fingerprint density at radius 3 is 2.52 bits per heavy atom. The number of hydrogen-bond acceptors (Lipinski definition) is 3. The lowest BCUT2D eigenvalue weighted by molar-refractivity contribution is -0.124. The zero-order valence-corrected chi connectivity index (χ0v) is 16.8. The molecule has 5 nitrogen and oxygen atoms in total. The van der Waals surface area contributed by atoms with Gasteiger partial charge in [0.1, 0.15) is 5.82 Å². The van der Waals surface area contributed by atoms with Crippen molar-refractivity contribution >= 4 is 23.4 Å². The molecule has 7 heteroatoms. The van der Waals surface area contributed by atoms with Crippen LogP contribution < -0.4 is 10.6 Å². The summed E-state index contributed by atoms with van der Waals surface area (Å²) in [4.78, 5) is 26.6. The first-order valence-electron chi connectivity index (χ1n) is 9.37. The van der Waals surface area contributed by atoms with Crippen LogP contribution in [-0.4, -0.2) is 47.9 Å². The maximum Gasteiger partial charge on any atom is 0.251 e. The van der Waals surface area contributed by atoms with Gasteiger partial charge in [0, 0.05) is 22.2 Å². The van der Waals surface area contributed by atoms with Crippen LogP contribution in [0, 0.1) is 11.2 Å². The molecule has 1 spiro atoms. The maximum absolute atomic E-state index is 13.4. The van der Waals surface area contributed by atoms with Crippen molar-refractivity contribution in [3.63, 3.8) is 0 Å². The van der Waals surface area contributed by atoms with Crippen LogP contribution in [0.15, 0.2) is 18.2 Å². The number of hydrogen-bond donors (Lipinski definition) is 2. The van der Waals surface area contributed by atoms with Gasteiger partial charge in [-0.15, -0.1) is 0 Å². The first-order chi connectivity index (χ1) is 12.6. The highest BCUT2D eigenvalue weighted by molar-refractivity contribution is 6.31. The average Bonchev–Trinajstić information content (AvgIpc) is 3.18. The summed E-state index contributed by atoms with van der Waals surface area (Å²) < 4.78 is 13.4. The minimum absolute atomic E-state index is 0.0436. The first-order valence-corrected chi connectivity index (χ1v) is 9.74. The maximum atomic E-state index is 13.4. The Kier molecular flexibility index (Phi) is 5.50. The Morgan fingerprint density at radius 1 is 1.26 bits per heavy atom. The van der Waals surface area contributed by atoms with Crippen LogP contribution in [0.1, 0.15) is 50.4 Å². The summed E-state index contributed by atoms with van der Waals surface area (Å²) in [6.07, 6.45) is 2.83. The quantitative estimate of drug-likeness (QED) is 0.823. The van der Waals surface area contributed by atoms with Gasteiger partial charge in [-0.1, -0.05) is 11.6 Å². The summed E-state index contributed by atoms with van der Waals surface area (Å²) in [7, 11) is 0. The Hall–Kier alpha value is -1.66. The molecular weight excluding hydrogens is 369 g/mol. The molecule has 2 amide bonds. The number of benzene rings is 1. The molecule has 0 aromatic heterocycles. The molecule has 2 aliphatic rings. The second-order valence-corrected chi connectivity index (χ2v) is 9.26. The molecule has 2 N–H and O–H groups in total. The summed E-state index contributed by atoms with van der Waals surface area (Å²) in [6.45, 7) is 8.01. The number of likely N-dealkylation sites (tertiary alicyclic amines) is 1. The van der Waals surface area contributed by atoms with Crippen molar-refractivity contribution in [1.29, 1.82) is 0 Å². The van der Waals surface area contributed by atoms with Crippen LogP contribution in [0.4, 0.5) is 4.39 Å². The largest absolute Gasteiger partial charge is 0.350 e. The van der Waals surface area contributed by atoms with E-state index in [9.17, 15) is 14.0 Å². The lowest BCUT2D eigenvalue weighted by atomic mass is 9.92. The predicted octanol–water partition coefficient (Wildman–Crippen LogP) is 2.98. The standard InChI is InChI=1S/C20H27ClFN3O2/c1-19(2,3)24-17(26)12-25-6-4-20(5-7-25)11-16(20)23-18(27)13-8-14(21)10-15(22)9-13/h8-10,16H,4-7,11-12H2,1-3H3,(H,23,27)(H,24,26)/t16-/m0/s1. The van der Waals surface area contributed by atoms with Gasteiger partial charge in [-0.2, -0.15) is 0 Å². The summed E-state index contributed by atoms with van der Waals surface area (Å²) in [5.41, 5.74) is 0.141. The zero-order valence-electron chi connectivity index (χ0n) is 16.1. The van der Waals surface area contributed by atoms with Crippen molar-refractivity contribution in [3.05, 3.63) is 34.6 Å². The predicted molar refractivity (Wildman–Crippen MR) is 103 cm³/mol. The Bertz CT molecular complexity index is 719. The lowest BCUT2D eigenvalue weighted by Crippen LogP contribution is -2.48. The minimum Gasteiger partial charge on any atom is -0.350 e. The molecule has 1 aliphatic heterocycles. The summed E-state index contributed by atoms with van der Waals surface area (Å²) in [6, 6.07) is 3.97. The van der Waals surface area contributed by atoms with E-state index >= 15 is 0 Å². The smallest absolute Gasteiger partial charge is 0.251 e. The van der Waals surface area contributed by atoms with Crippen molar-refractivity contribution in [2.24, 2.45) is 5.41 Å². The zero-order chi connectivity index (χ0) is 19.8. The van der Waals surface area contributed by atoms with Gasteiger partial charge in [0.25, 0.3) is 5.91 Å². The molecule has 3 rings (SSSR count). The van der Waals surface area contributed by atoms with E-state index in [-0.39, 0.29) is 39.4 Å². The fraction of sp³-hybridized carbons (Fsp3) is 0.600. The second kappa shape index (κ2) is 7.40. The number of carbonyl (C=O) groups excluding carboxylic acids is 2. The van der Waals surface area contributed by atoms with E-state index in [2.05, 4.69) is 15.5 Å². The number of carbonyl (C=O) groups is 2. The van der Waals surface area contributed by atoms with Gasteiger partial charge in [-0.3, -0.25) is 14.5 Å². The highest BCUT2D eigenvalue weighted by Gasteiger charge is 2.55. The number of rotatable bonds is 4. The van der Waals surface area contributed by atoms with E-state index < -0.39 is 5.82 Å². The van der Waals surface area contributed by atoms with Gasteiger partial charge in [-0.25, -0.2) is 4.39 Å². The molecule has 148 valence electrons. The number of amides is 2. The van der Waals surface area contributed by atoms with Gasteiger partial charge in [0.15, 0.2) is 0 Å². The van der Waals surface area contributed by atoms with E-state index in [1.54, 1.807) is 0 Å². The third kappa shape index (κ3) is 5.20. The molecule has 0 unspecified atom stereocenters. The molecular formula is C20H27ClFN3O2. The third-order valence-corrected chi connectivity index (χ3v) is 5.57. The van der Waals surface area contributed by atoms with Crippen LogP contribution in [0.25, 0.3) is 0 Å². The van der Waals surface area contributed by atoms with Crippen LogP contribution in [-0.2, 0) is 4.79 Å². The highest BCUT2D eigenvalue weighted by atomic mass is 35.5. The third-order valence-electron chi connectivity index (χ3n) is 5.35. The van der Waals surface area contributed by atoms with Crippen molar-refractivity contribution in [2.75, 3.05) is 19.6 Å². The van der Waals surface area contributed by atoms with Gasteiger partial charge in [0.05, 0.1) is 6.54 Å². The molecule has 1 saturated heterocycles. The van der Waals surface area contributed by atoms with Gasteiger partial charge < -0.3 is 10.6 Å². The number of nitrogens with zero attached hydrogens (tertiary/aromatic N) is 1. The molecule has 0 radical (unpaired) electrons. The van der Waals surface area contributed by atoms with E-state index in [1.807, 2.05) is 20.8 Å². The first kappa shape index (κ1) is 20.1. The molecule has 1 saturated carbocycles. The van der Waals surface area contributed by atoms with Crippen LogP contribution in [0.2, 0.25) is 5.02 Å². The Labute approximate surface area is 164 Å². The minimum atomic E-state index is -0.514. The van der Waals surface area contributed by atoms with Crippen LogP contribution in [0.5, 0.6) is 0 Å². The van der Waals surface area contributed by atoms with E-state index in [1.165, 1.54) is 18.2 Å². The van der Waals surface area contributed by atoms with Gasteiger partial charge >= 0.3 is 0 Å². The molecule has 2 fully saturated rings. The summed E-state index contributed by atoms with van der Waals surface area (Å²) >= 11 is 5.83. The van der Waals surface area contributed by atoms with E-state index in [0.717, 1.165) is 32.4 Å². The molecule has 1 atom stereocenters. The van der Waals surface area contributed by atoms with Crippen LogP contribution in [0.3, 0.4) is 0 Å². The highest BCUT2D eigenvalue weighted by Crippen LogP contribution is 2.53. The normalized spacial score (nSPS) is 21.7. The van der Waals surface area contributed by atoms with Crippen molar-refractivity contribution < 1.29 is 14.0 Å². The fourth-order valence-corrected chi connectivity index (χ4v) is 4.07. The van der Waals surface area contributed by atoms with E-state index in [0.29, 0.717) is 6.54 Å². The average molecular weight is 396 g/mol. The van der Waals surface area contributed by atoms with Crippen LogP contribution >= 0.6 is 11.6 Å². The molecule has 0 bridgehead atoms. The topological polar surface area (TPSA) is 61.4 Å². The Morgan fingerprint density at radius 2 is 1.93 bits per heavy atom. The SMILES string of the molecule is CC(C)(C)NC(=O)CN1CCC2(CC1)C[C@@H]2NC(=O)c1cc(F)cc(Cl)c1. The van der Waals surface area contributed by atoms with Gasteiger partial charge in [0.2, 0.25) is 5.91 Å². The molecule has 27 heavy (non-hydrogen) atoms. The second-order valence-electron chi connectivity index (χ2n) is 8.82. The number of nitrogens with one attached hydrogen (secondary N) is 2. The molecule has 1 aliphatic carbocycles. The van der Waals surface area contributed by atoms with Crippen molar-refractivity contribution in [1.82, 2.24) is 15.5 Å². The van der Waals surface area contributed by atoms with Crippen molar-refractivity contribution in [2.45, 2.75) is 51.6 Å².